The minimum Gasteiger partial charge on any atom is -0.472 e. The lowest BCUT2D eigenvalue weighted by atomic mass is 10.1. The van der Waals surface area contributed by atoms with Crippen LogP contribution in [-0.2, 0) is 19.6 Å². The molecule has 0 aromatic carbocycles. The van der Waals surface area contributed by atoms with Crippen LogP contribution in [0.5, 0.6) is 0 Å². The van der Waals surface area contributed by atoms with Crippen molar-refractivity contribution in [1.82, 2.24) is 14.7 Å². The van der Waals surface area contributed by atoms with Crippen LogP contribution >= 0.6 is 0 Å². The van der Waals surface area contributed by atoms with Crippen molar-refractivity contribution < 1.29 is 9.52 Å². The molecule has 1 aliphatic heterocycles. The number of hydrogen-bond donors (Lipinski definition) is 1. The third-order valence-electron chi connectivity index (χ3n) is 3.54. The molecule has 0 aliphatic carbocycles. The quantitative estimate of drug-likeness (QED) is 0.886. The van der Waals surface area contributed by atoms with Gasteiger partial charge in [-0.15, -0.1) is 0 Å². The minimum atomic E-state index is 0.182. The number of nitrogens with zero attached hydrogens (tertiary/aromatic N) is 3. The van der Waals surface area contributed by atoms with Crippen LogP contribution in [0.1, 0.15) is 17.7 Å². The van der Waals surface area contributed by atoms with Gasteiger partial charge in [0.1, 0.15) is 0 Å². The molecule has 1 atom stereocenters. The van der Waals surface area contributed by atoms with Gasteiger partial charge >= 0.3 is 0 Å². The van der Waals surface area contributed by atoms with Crippen molar-refractivity contribution in [2.24, 2.45) is 0 Å². The Balaban J connectivity index is 1.80. The van der Waals surface area contributed by atoms with E-state index in [0.717, 1.165) is 31.6 Å². The van der Waals surface area contributed by atoms with Gasteiger partial charge in [0.15, 0.2) is 0 Å². The second-order valence-electron chi connectivity index (χ2n) is 4.71. The fraction of sp³-hybridized carbons (Fsp3) is 0.462. The summed E-state index contributed by atoms with van der Waals surface area (Å²) in [6.07, 6.45) is 6.20. The molecule has 1 aliphatic rings. The SMILES string of the molecule is OC[C@H]1CCn2nccc2CN1Cc1ccoc1. The second-order valence-corrected chi connectivity index (χ2v) is 4.71. The van der Waals surface area contributed by atoms with E-state index in [2.05, 4.69) is 10.00 Å². The molecular weight excluding hydrogens is 230 g/mol. The predicted octanol–water partition coefficient (Wildman–Crippen LogP) is 1.24. The molecule has 5 heteroatoms. The summed E-state index contributed by atoms with van der Waals surface area (Å²) in [4.78, 5) is 2.28. The zero-order valence-electron chi connectivity index (χ0n) is 10.2. The van der Waals surface area contributed by atoms with E-state index >= 15 is 0 Å². The molecule has 3 heterocycles. The third kappa shape index (κ3) is 2.19. The maximum atomic E-state index is 9.54. The highest BCUT2D eigenvalue weighted by atomic mass is 16.3. The summed E-state index contributed by atoms with van der Waals surface area (Å²) in [5.74, 6) is 0. The number of furan rings is 1. The summed E-state index contributed by atoms with van der Waals surface area (Å²) < 4.78 is 7.13. The first-order chi connectivity index (χ1) is 8.86. The van der Waals surface area contributed by atoms with E-state index in [4.69, 9.17) is 4.42 Å². The fourth-order valence-corrected chi connectivity index (χ4v) is 2.50. The van der Waals surface area contributed by atoms with Crippen molar-refractivity contribution in [2.75, 3.05) is 6.61 Å². The zero-order valence-corrected chi connectivity index (χ0v) is 10.2. The summed E-state index contributed by atoms with van der Waals surface area (Å²) in [6.45, 7) is 2.67. The molecule has 96 valence electrons. The Kier molecular flexibility index (Phi) is 3.17. The van der Waals surface area contributed by atoms with Gasteiger partial charge in [-0.25, -0.2) is 0 Å². The van der Waals surface area contributed by atoms with Gasteiger partial charge < -0.3 is 9.52 Å². The first kappa shape index (κ1) is 11.5. The lowest BCUT2D eigenvalue weighted by molar-refractivity contribution is 0.107. The van der Waals surface area contributed by atoms with Crippen LogP contribution in [0.4, 0.5) is 0 Å². The molecule has 0 saturated heterocycles. The first-order valence-electron chi connectivity index (χ1n) is 6.23. The van der Waals surface area contributed by atoms with E-state index in [1.54, 1.807) is 12.5 Å². The van der Waals surface area contributed by atoms with Crippen LogP contribution < -0.4 is 0 Å². The average molecular weight is 247 g/mol. The van der Waals surface area contributed by atoms with Gasteiger partial charge in [0.2, 0.25) is 0 Å². The molecule has 18 heavy (non-hydrogen) atoms. The standard InChI is InChI=1S/C13H17N3O2/c17-9-13-2-5-16-12(1-4-14-16)8-15(13)7-11-3-6-18-10-11/h1,3-4,6,10,13,17H,2,5,7-9H2/t13-/m1/s1. The minimum absolute atomic E-state index is 0.182. The van der Waals surface area contributed by atoms with Gasteiger partial charge in [-0.05, 0) is 18.6 Å². The molecule has 0 radical (unpaired) electrons. The van der Waals surface area contributed by atoms with Crippen molar-refractivity contribution in [2.45, 2.75) is 32.1 Å². The summed E-state index contributed by atoms with van der Waals surface area (Å²) in [7, 11) is 0. The number of rotatable bonds is 3. The highest BCUT2D eigenvalue weighted by Gasteiger charge is 2.23. The van der Waals surface area contributed by atoms with Crippen molar-refractivity contribution in [3.8, 4) is 0 Å². The normalized spacial score (nSPS) is 20.6. The lowest BCUT2D eigenvalue weighted by Gasteiger charge is -2.27. The summed E-state index contributed by atoms with van der Waals surface area (Å²) >= 11 is 0. The zero-order chi connectivity index (χ0) is 12.4. The van der Waals surface area contributed by atoms with Crippen molar-refractivity contribution in [3.63, 3.8) is 0 Å². The van der Waals surface area contributed by atoms with E-state index in [0.29, 0.717) is 0 Å². The molecule has 0 amide bonds. The van der Waals surface area contributed by atoms with Crippen LogP contribution in [0, 0.1) is 0 Å². The molecule has 0 unspecified atom stereocenters. The van der Waals surface area contributed by atoms with Crippen molar-refractivity contribution in [1.29, 1.82) is 0 Å². The number of aliphatic hydroxyl groups is 1. The monoisotopic (exact) mass is 247 g/mol. The van der Waals surface area contributed by atoms with Crippen molar-refractivity contribution >= 4 is 0 Å². The van der Waals surface area contributed by atoms with Crippen LogP contribution in [-0.4, -0.2) is 32.4 Å². The Hall–Kier alpha value is -1.59. The smallest absolute Gasteiger partial charge is 0.0947 e. The summed E-state index contributed by atoms with van der Waals surface area (Å²) in [5, 5.41) is 13.8. The predicted molar refractivity (Wildman–Crippen MR) is 65.7 cm³/mol. The van der Waals surface area contributed by atoms with E-state index in [1.165, 1.54) is 5.69 Å². The molecule has 0 bridgehead atoms. The Morgan fingerprint density at radius 3 is 3.17 bits per heavy atom. The maximum absolute atomic E-state index is 9.54. The van der Waals surface area contributed by atoms with E-state index in [1.807, 2.05) is 23.0 Å². The van der Waals surface area contributed by atoms with Crippen LogP contribution in [0.15, 0.2) is 35.3 Å². The molecule has 2 aromatic heterocycles. The summed E-state index contributed by atoms with van der Waals surface area (Å²) in [5.41, 5.74) is 2.34. The molecule has 0 fully saturated rings. The number of hydrogen-bond acceptors (Lipinski definition) is 4. The second kappa shape index (κ2) is 4.96. The number of aliphatic hydroxyl groups excluding tert-OH is 1. The Morgan fingerprint density at radius 1 is 1.44 bits per heavy atom. The van der Waals surface area contributed by atoms with Gasteiger partial charge in [-0.3, -0.25) is 9.58 Å². The average Bonchev–Trinajstić information content (AvgIpc) is 3.00. The topological polar surface area (TPSA) is 54.4 Å². The van der Waals surface area contributed by atoms with Gasteiger partial charge in [0, 0.05) is 37.4 Å². The fourth-order valence-electron chi connectivity index (χ4n) is 2.50. The highest BCUT2D eigenvalue weighted by Crippen LogP contribution is 2.19. The molecule has 3 rings (SSSR count). The number of fused-ring (bicyclic) bond motifs is 1. The van der Waals surface area contributed by atoms with Crippen LogP contribution in [0.3, 0.4) is 0 Å². The van der Waals surface area contributed by atoms with Gasteiger partial charge in [-0.1, -0.05) is 0 Å². The number of aromatic nitrogens is 2. The Labute approximate surface area is 106 Å². The Bertz CT molecular complexity index is 492. The van der Waals surface area contributed by atoms with Gasteiger partial charge in [0.05, 0.1) is 24.8 Å². The largest absolute Gasteiger partial charge is 0.472 e. The maximum Gasteiger partial charge on any atom is 0.0947 e. The first-order valence-corrected chi connectivity index (χ1v) is 6.23. The molecule has 1 N–H and O–H groups in total. The van der Waals surface area contributed by atoms with E-state index < -0.39 is 0 Å². The molecule has 0 spiro atoms. The number of aryl methyl sites for hydroxylation is 1. The lowest BCUT2D eigenvalue weighted by Crippen LogP contribution is -2.36. The third-order valence-corrected chi connectivity index (χ3v) is 3.54. The van der Waals surface area contributed by atoms with Crippen molar-refractivity contribution in [3.05, 3.63) is 42.1 Å². The Morgan fingerprint density at radius 2 is 2.39 bits per heavy atom. The van der Waals surface area contributed by atoms with Crippen LogP contribution in [0.2, 0.25) is 0 Å². The van der Waals surface area contributed by atoms with E-state index in [-0.39, 0.29) is 12.6 Å². The molecular formula is C13H17N3O2. The summed E-state index contributed by atoms with van der Waals surface area (Å²) in [6, 6.07) is 4.19. The van der Waals surface area contributed by atoms with Gasteiger partial charge in [0.25, 0.3) is 0 Å². The molecule has 0 saturated carbocycles. The van der Waals surface area contributed by atoms with Crippen LogP contribution in [0.25, 0.3) is 0 Å². The van der Waals surface area contributed by atoms with E-state index in [9.17, 15) is 5.11 Å². The molecule has 2 aromatic rings. The van der Waals surface area contributed by atoms with Gasteiger partial charge in [-0.2, -0.15) is 5.10 Å². The molecule has 5 nitrogen and oxygen atoms in total. The highest BCUT2D eigenvalue weighted by molar-refractivity contribution is 5.08.